The van der Waals surface area contributed by atoms with Crippen molar-refractivity contribution < 1.29 is 14.7 Å². The number of aromatic carboxylic acids is 1. The summed E-state index contributed by atoms with van der Waals surface area (Å²) in [6, 6.07) is 4.29. The Morgan fingerprint density at radius 3 is 2.55 bits per heavy atom. The van der Waals surface area contributed by atoms with Crippen LogP contribution in [0.5, 0.6) is 0 Å². The van der Waals surface area contributed by atoms with Crippen molar-refractivity contribution in [3.63, 3.8) is 0 Å². The number of rotatable bonds is 5. The summed E-state index contributed by atoms with van der Waals surface area (Å²) in [5.41, 5.74) is 0.590. The molecule has 1 rings (SSSR count). The molecule has 0 heterocycles. The van der Waals surface area contributed by atoms with Gasteiger partial charge in [-0.1, -0.05) is 13.8 Å². The van der Waals surface area contributed by atoms with E-state index in [4.69, 9.17) is 5.11 Å². The first-order valence-corrected chi connectivity index (χ1v) is 7.23. The normalized spacial score (nSPS) is 10.4. The van der Waals surface area contributed by atoms with Gasteiger partial charge in [0.15, 0.2) is 0 Å². The highest BCUT2D eigenvalue weighted by molar-refractivity contribution is 9.10. The molecule has 110 valence electrons. The summed E-state index contributed by atoms with van der Waals surface area (Å²) in [6.07, 6.45) is 0. The summed E-state index contributed by atoms with van der Waals surface area (Å²) in [4.78, 5) is 24.8. The fraction of sp³-hybridized carbons (Fsp3) is 0.429. The fourth-order valence-corrected chi connectivity index (χ4v) is 2.09. The lowest BCUT2D eigenvalue weighted by atomic mass is 10.2. The summed E-state index contributed by atoms with van der Waals surface area (Å²) >= 11 is 3.30. The van der Waals surface area contributed by atoms with Gasteiger partial charge in [-0.25, -0.2) is 9.59 Å². The molecule has 0 saturated carbocycles. The first-order valence-electron chi connectivity index (χ1n) is 6.43. The van der Waals surface area contributed by atoms with Gasteiger partial charge in [0, 0.05) is 17.6 Å². The Morgan fingerprint density at radius 1 is 1.40 bits per heavy atom. The minimum atomic E-state index is -1.03. The first-order chi connectivity index (χ1) is 9.35. The molecule has 0 aliphatic carbocycles. The van der Waals surface area contributed by atoms with Crippen LogP contribution in [-0.4, -0.2) is 35.1 Å². The predicted molar refractivity (Wildman–Crippen MR) is 82.2 cm³/mol. The molecule has 0 spiro atoms. The predicted octanol–water partition coefficient (Wildman–Crippen LogP) is 3.66. The third kappa shape index (κ3) is 4.52. The highest BCUT2D eigenvalue weighted by Crippen LogP contribution is 2.24. The van der Waals surface area contributed by atoms with E-state index in [1.807, 2.05) is 20.8 Å². The molecule has 0 aromatic heterocycles. The summed E-state index contributed by atoms with van der Waals surface area (Å²) in [6.45, 7) is 7.23. The van der Waals surface area contributed by atoms with Crippen molar-refractivity contribution in [3.8, 4) is 0 Å². The van der Waals surface area contributed by atoms with Gasteiger partial charge < -0.3 is 15.3 Å². The molecule has 0 unspecified atom stereocenters. The summed E-state index contributed by atoms with van der Waals surface area (Å²) in [5.74, 6) is -0.656. The third-order valence-corrected chi connectivity index (χ3v) is 3.40. The molecule has 0 radical (unpaired) electrons. The van der Waals surface area contributed by atoms with E-state index in [1.54, 1.807) is 11.0 Å². The number of carbonyl (C=O) groups excluding carboxylic acids is 1. The second-order valence-electron chi connectivity index (χ2n) is 4.86. The number of urea groups is 1. The van der Waals surface area contributed by atoms with Crippen LogP contribution in [0.4, 0.5) is 10.5 Å². The van der Waals surface area contributed by atoms with Crippen molar-refractivity contribution in [1.82, 2.24) is 4.90 Å². The molecule has 2 amide bonds. The molecule has 6 heteroatoms. The Hall–Kier alpha value is -1.56. The number of nitrogens with zero attached hydrogens (tertiary/aromatic N) is 1. The van der Waals surface area contributed by atoms with Gasteiger partial charge in [-0.3, -0.25) is 0 Å². The van der Waals surface area contributed by atoms with Crippen LogP contribution >= 0.6 is 15.9 Å². The van der Waals surface area contributed by atoms with Crippen LogP contribution in [0.15, 0.2) is 22.7 Å². The van der Waals surface area contributed by atoms with E-state index in [0.29, 0.717) is 29.2 Å². The number of benzene rings is 1. The maximum atomic E-state index is 12.2. The fourth-order valence-electron chi connectivity index (χ4n) is 1.74. The van der Waals surface area contributed by atoms with Crippen molar-refractivity contribution in [2.45, 2.75) is 20.8 Å². The third-order valence-electron chi connectivity index (χ3n) is 2.71. The Kier molecular flexibility index (Phi) is 6.01. The number of halogens is 1. The minimum absolute atomic E-state index is 0.135. The van der Waals surface area contributed by atoms with E-state index >= 15 is 0 Å². The molecule has 0 aliphatic rings. The molecular weight excluding hydrogens is 324 g/mol. The first kappa shape index (κ1) is 16.5. The van der Waals surface area contributed by atoms with E-state index in [0.717, 1.165) is 0 Å². The molecule has 2 N–H and O–H groups in total. The smallest absolute Gasteiger partial charge is 0.335 e. The maximum Gasteiger partial charge on any atom is 0.335 e. The van der Waals surface area contributed by atoms with E-state index in [1.165, 1.54) is 12.1 Å². The van der Waals surface area contributed by atoms with E-state index in [9.17, 15) is 9.59 Å². The van der Waals surface area contributed by atoms with E-state index in [2.05, 4.69) is 21.2 Å². The number of carbonyl (C=O) groups is 2. The number of carboxylic acid groups (broad SMARTS) is 1. The maximum absolute atomic E-state index is 12.2. The number of carboxylic acids is 1. The van der Waals surface area contributed by atoms with Gasteiger partial charge in [-0.2, -0.15) is 0 Å². The van der Waals surface area contributed by atoms with Gasteiger partial charge >= 0.3 is 12.0 Å². The van der Waals surface area contributed by atoms with Crippen LogP contribution in [-0.2, 0) is 0 Å². The Bertz CT molecular complexity index is 503. The van der Waals surface area contributed by atoms with Crippen LogP contribution in [0, 0.1) is 5.92 Å². The van der Waals surface area contributed by atoms with Gasteiger partial charge in [-0.15, -0.1) is 0 Å². The largest absolute Gasteiger partial charge is 0.478 e. The van der Waals surface area contributed by atoms with Crippen molar-refractivity contribution >= 4 is 33.6 Å². The molecule has 5 nitrogen and oxygen atoms in total. The van der Waals surface area contributed by atoms with Crippen molar-refractivity contribution in [1.29, 1.82) is 0 Å². The van der Waals surface area contributed by atoms with E-state index in [-0.39, 0.29) is 11.6 Å². The number of hydrogen-bond donors (Lipinski definition) is 2. The number of amides is 2. The molecule has 1 aromatic carbocycles. The van der Waals surface area contributed by atoms with Crippen LogP contribution in [0.1, 0.15) is 31.1 Å². The van der Waals surface area contributed by atoms with Gasteiger partial charge in [0.25, 0.3) is 0 Å². The monoisotopic (exact) mass is 342 g/mol. The molecule has 0 aliphatic heterocycles. The molecule has 0 atom stereocenters. The quantitative estimate of drug-likeness (QED) is 0.857. The average molecular weight is 343 g/mol. The average Bonchev–Trinajstić information content (AvgIpc) is 2.37. The van der Waals surface area contributed by atoms with Crippen LogP contribution in [0.25, 0.3) is 0 Å². The second kappa shape index (κ2) is 7.28. The summed E-state index contributed by atoms with van der Waals surface area (Å²) < 4.78 is 0.649. The summed E-state index contributed by atoms with van der Waals surface area (Å²) in [7, 11) is 0. The number of hydrogen-bond acceptors (Lipinski definition) is 2. The topological polar surface area (TPSA) is 69.6 Å². The zero-order chi connectivity index (χ0) is 15.3. The van der Waals surface area contributed by atoms with Gasteiger partial charge in [0.2, 0.25) is 0 Å². The molecule has 0 fully saturated rings. The number of anilines is 1. The van der Waals surface area contributed by atoms with E-state index < -0.39 is 5.97 Å². The van der Waals surface area contributed by atoms with Gasteiger partial charge in [0.05, 0.1) is 11.3 Å². The van der Waals surface area contributed by atoms with Crippen LogP contribution in [0.3, 0.4) is 0 Å². The molecule has 0 saturated heterocycles. The Balaban J connectivity index is 2.88. The molecule has 20 heavy (non-hydrogen) atoms. The molecular formula is C14H19BrN2O3. The minimum Gasteiger partial charge on any atom is -0.478 e. The van der Waals surface area contributed by atoms with Crippen LogP contribution < -0.4 is 5.32 Å². The SMILES string of the molecule is CCN(CC(C)C)C(=O)Nc1cc(C(=O)O)ccc1Br. The zero-order valence-corrected chi connectivity index (χ0v) is 13.4. The highest BCUT2D eigenvalue weighted by atomic mass is 79.9. The van der Waals surface area contributed by atoms with Crippen molar-refractivity contribution in [3.05, 3.63) is 28.2 Å². The lowest BCUT2D eigenvalue weighted by Crippen LogP contribution is -2.37. The van der Waals surface area contributed by atoms with Gasteiger partial charge in [0.1, 0.15) is 0 Å². The highest BCUT2D eigenvalue weighted by Gasteiger charge is 2.15. The molecule has 0 bridgehead atoms. The zero-order valence-electron chi connectivity index (χ0n) is 11.8. The second-order valence-corrected chi connectivity index (χ2v) is 5.72. The number of nitrogens with one attached hydrogen (secondary N) is 1. The van der Waals surface area contributed by atoms with Gasteiger partial charge in [-0.05, 0) is 47.0 Å². The summed E-state index contributed by atoms with van der Waals surface area (Å²) in [5, 5.41) is 11.7. The standard InChI is InChI=1S/C14H19BrN2O3/c1-4-17(8-9(2)3)14(20)16-12-7-10(13(18)19)5-6-11(12)15/h5-7,9H,4,8H2,1-3H3,(H,16,20)(H,18,19). The Morgan fingerprint density at radius 2 is 2.05 bits per heavy atom. The van der Waals surface area contributed by atoms with Crippen molar-refractivity contribution in [2.75, 3.05) is 18.4 Å². The Labute approximate surface area is 127 Å². The lowest BCUT2D eigenvalue weighted by Gasteiger charge is -2.23. The van der Waals surface area contributed by atoms with Crippen molar-refractivity contribution in [2.24, 2.45) is 5.92 Å². The van der Waals surface area contributed by atoms with Crippen LogP contribution in [0.2, 0.25) is 0 Å². The molecule has 1 aromatic rings. The lowest BCUT2D eigenvalue weighted by molar-refractivity contribution is 0.0697.